The molecular formula is C21H26N4O6S2. The molecule has 0 unspecified atom stereocenters. The van der Waals surface area contributed by atoms with Crippen molar-refractivity contribution in [2.45, 2.75) is 31.7 Å². The zero-order valence-corrected chi connectivity index (χ0v) is 20.1. The number of sulfone groups is 1. The number of anilines is 1. The van der Waals surface area contributed by atoms with E-state index in [9.17, 15) is 26.7 Å². The van der Waals surface area contributed by atoms with Crippen molar-refractivity contribution >= 4 is 36.9 Å². The van der Waals surface area contributed by atoms with Crippen LogP contribution in [0.25, 0.3) is 0 Å². The molecule has 12 heteroatoms. The number of rotatable bonds is 6. The topological polar surface area (TPSA) is 151 Å². The van der Waals surface area contributed by atoms with Crippen LogP contribution in [-0.4, -0.2) is 49.4 Å². The number of nitrogens with zero attached hydrogens (tertiary/aromatic N) is 2. The quantitative estimate of drug-likeness (QED) is 0.561. The van der Waals surface area contributed by atoms with Crippen LogP contribution in [0.5, 0.6) is 5.75 Å². The van der Waals surface area contributed by atoms with Gasteiger partial charge in [-0.2, -0.15) is 0 Å². The fraction of sp³-hybridized carbons (Fsp3) is 0.333. The predicted octanol–water partition coefficient (Wildman–Crippen LogP) is 2.33. The van der Waals surface area contributed by atoms with Gasteiger partial charge in [0.15, 0.2) is 9.84 Å². The van der Waals surface area contributed by atoms with Crippen LogP contribution in [0.4, 0.5) is 11.4 Å². The van der Waals surface area contributed by atoms with E-state index in [-0.39, 0.29) is 27.5 Å². The Morgan fingerprint density at radius 2 is 1.97 bits per heavy atom. The van der Waals surface area contributed by atoms with Crippen molar-refractivity contribution in [1.82, 2.24) is 9.78 Å². The van der Waals surface area contributed by atoms with Gasteiger partial charge in [0, 0.05) is 18.4 Å². The number of fused-ring (bicyclic) bond motifs is 1. The van der Waals surface area contributed by atoms with Crippen LogP contribution in [0.1, 0.15) is 25.8 Å². The molecule has 0 atom stereocenters. The minimum atomic E-state index is -3.98. The maximum atomic E-state index is 13.3. The molecule has 1 aromatic heterocycles. The Morgan fingerprint density at radius 3 is 2.64 bits per heavy atom. The van der Waals surface area contributed by atoms with Crippen molar-refractivity contribution in [1.29, 1.82) is 0 Å². The Labute approximate surface area is 192 Å². The van der Waals surface area contributed by atoms with Crippen LogP contribution < -0.4 is 10.3 Å². The van der Waals surface area contributed by atoms with Gasteiger partial charge in [0.2, 0.25) is 10.0 Å². The summed E-state index contributed by atoms with van der Waals surface area (Å²) in [6.07, 6.45) is 3.17. The van der Waals surface area contributed by atoms with Gasteiger partial charge in [-0.1, -0.05) is 19.9 Å². The average Bonchev–Trinajstić information content (AvgIpc) is 2.74. The van der Waals surface area contributed by atoms with Crippen LogP contribution in [-0.2, 0) is 26.4 Å². The monoisotopic (exact) mass is 494 g/mol. The maximum absolute atomic E-state index is 13.3. The number of nitrogens with one attached hydrogen (secondary N) is 2. The molecule has 3 N–H and O–H groups in total. The van der Waals surface area contributed by atoms with E-state index in [0.29, 0.717) is 18.9 Å². The van der Waals surface area contributed by atoms with Crippen molar-refractivity contribution in [3.05, 3.63) is 58.5 Å². The van der Waals surface area contributed by atoms with E-state index in [1.807, 2.05) is 13.8 Å². The summed E-state index contributed by atoms with van der Waals surface area (Å²) in [5.41, 5.74) is -0.809. The summed E-state index contributed by atoms with van der Waals surface area (Å²) in [5, 5.41) is 13.5. The van der Waals surface area contributed by atoms with Gasteiger partial charge in [0.1, 0.15) is 11.3 Å². The first-order chi connectivity index (χ1) is 15.4. The van der Waals surface area contributed by atoms with Gasteiger partial charge in [-0.25, -0.2) is 16.8 Å². The van der Waals surface area contributed by atoms with Crippen molar-refractivity contribution in [2.75, 3.05) is 16.7 Å². The first-order valence-electron chi connectivity index (χ1n) is 10.1. The first-order valence-corrected chi connectivity index (χ1v) is 13.7. The number of aliphatic imine (C=N–C) groups is 1. The normalized spacial score (nSPS) is 14.8. The van der Waals surface area contributed by atoms with Crippen molar-refractivity contribution in [3.8, 4) is 5.75 Å². The molecule has 33 heavy (non-hydrogen) atoms. The number of aromatic amines is 1. The van der Waals surface area contributed by atoms with E-state index in [1.165, 1.54) is 41.2 Å². The zero-order valence-electron chi connectivity index (χ0n) is 18.4. The summed E-state index contributed by atoms with van der Waals surface area (Å²) in [5.74, 6) is -0.729. The summed E-state index contributed by atoms with van der Waals surface area (Å²) in [7, 11) is -7.58. The smallest absolute Gasteiger partial charge is 0.277 e. The average molecular weight is 495 g/mol. The van der Waals surface area contributed by atoms with Gasteiger partial charge >= 0.3 is 0 Å². The molecule has 10 nitrogen and oxygen atoms in total. The van der Waals surface area contributed by atoms with Crippen molar-refractivity contribution < 1.29 is 21.9 Å². The number of aryl methyl sites for hydroxylation is 1. The molecule has 0 radical (unpaired) electrons. The van der Waals surface area contributed by atoms with E-state index < -0.39 is 36.9 Å². The second-order valence-corrected chi connectivity index (χ2v) is 11.8. The number of benzene rings is 1. The Balaban J connectivity index is 2.22. The number of hydrogen-bond donors (Lipinski definition) is 3. The number of sulfonamides is 1. The van der Waals surface area contributed by atoms with Crippen LogP contribution in [0.3, 0.4) is 0 Å². The number of aromatic hydroxyl groups is 1. The fourth-order valence-corrected chi connectivity index (χ4v) is 5.26. The van der Waals surface area contributed by atoms with Gasteiger partial charge < -0.3 is 10.2 Å². The molecule has 0 amide bonds. The minimum absolute atomic E-state index is 0.0482. The van der Waals surface area contributed by atoms with Gasteiger partial charge in [0.05, 0.1) is 28.3 Å². The highest BCUT2D eigenvalue weighted by molar-refractivity contribution is 7.92. The third-order valence-electron chi connectivity index (χ3n) is 4.81. The Bertz CT molecular complexity index is 1420. The second-order valence-electron chi connectivity index (χ2n) is 8.12. The highest BCUT2D eigenvalue weighted by atomic mass is 32.2. The lowest BCUT2D eigenvalue weighted by Crippen LogP contribution is -2.31. The van der Waals surface area contributed by atoms with E-state index in [4.69, 9.17) is 0 Å². The van der Waals surface area contributed by atoms with E-state index in [0.717, 1.165) is 6.26 Å². The molecule has 1 aromatic carbocycles. The lowest BCUT2D eigenvalue weighted by molar-refractivity contribution is 0.461. The third kappa shape index (κ3) is 6.02. The predicted molar refractivity (Wildman–Crippen MR) is 127 cm³/mol. The highest BCUT2D eigenvalue weighted by Gasteiger charge is 2.30. The summed E-state index contributed by atoms with van der Waals surface area (Å²) in [4.78, 5) is 17.5. The summed E-state index contributed by atoms with van der Waals surface area (Å²) < 4.78 is 52.6. The Kier molecular flexibility index (Phi) is 6.98. The molecule has 0 bridgehead atoms. The second kappa shape index (κ2) is 9.40. The van der Waals surface area contributed by atoms with Crippen LogP contribution >= 0.6 is 0 Å². The van der Waals surface area contributed by atoms with E-state index in [2.05, 4.69) is 14.8 Å². The molecule has 2 heterocycles. The van der Waals surface area contributed by atoms with Gasteiger partial charge in [-0.15, -0.1) is 0 Å². The minimum Gasteiger partial charge on any atom is -0.507 e. The van der Waals surface area contributed by atoms with Gasteiger partial charge in [-0.3, -0.25) is 19.2 Å². The van der Waals surface area contributed by atoms with E-state index in [1.54, 1.807) is 6.07 Å². The molecule has 2 aromatic rings. The number of H-pyrrole nitrogens is 1. The number of hydrogen-bond acceptors (Lipinski definition) is 7. The van der Waals surface area contributed by atoms with Gasteiger partial charge in [-0.05, 0) is 42.7 Å². The molecule has 3 rings (SSSR count). The lowest BCUT2D eigenvalue weighted by atomic mass is 10.1. The first kappa shape index (κ1) is 24.5. The third-order valence-corrected chi connectivity index (χ3v) is 7.06. The van der Waals surface area contributed by atoms with Crippen LogP contribution in [0.2, 0.25) is 0 Å². The van der Waals surface area contributed by atoms with Crippen LogP contribution in [0.15, 0.2) is 57.3 Å². The summed E-state index contributed by atoms with van der Waals surface area (Å²) in [6.45, 7) is 4.34. The SMILES string of the molecule is CC(C)CCn1[nH]ccccc(O)c(C2=Nc3ccc(NS(C)(=O)=O)cc3S(=O)(=O)C2)c1=O. The van der Waals surface area contributed by atoms with Crippen molar-refractivity contribution in [3.63, 3.8) is 0 Å². The van der Waals surface area contributed by atoms with Crippen LogP contribution in [0, 0.1) is 5.92 Å². The van der Waals surface area contributed by atoms with E-state index >= 15 is 0 Å². The molecular weight excluding hydrogens is 468 g/mol. The molecule has 0 saturated heterocycles. The van der Waals surface area contributed by atoms with Gasteiger partial charge in [0.25, 0.3) is 5.56 Å². The Hall–Kier alpha value is -3.12. The maximum Gasteiger partial charge on any atom is 0.277 e. The number of aromatic nitrogens is 2. The molecule has 0 aliphatic carbocycles. The molecule has 0 saturated carbocycles. The highest BCUT2D eigenvalue weighted by Crippen LogP contribution is 2.34. The molecule has 1 aliphatic heterocycles. The summed E-state index contributed by atoms with van der Waals surface area (Å²) >= 11 is 0. The standard InChI is InChI=1S/C21H26N4O6S2/c1-14(2)9-11-25-21(27)20(18(26)6-4-5-10-22-25)17-13-33(30,31)19-12-15(24-32(3,28)29)7-8-16(19)23-17/h4-8,10,12,14,22,24,26H,9,11,13H2,1-3H3. The zero-order chi connectivity index (χ0) is 24.4. The molecule has 178 valence electrons. The summed E-state index contributed by atoms with van der Waals surface area (Å²) in [6, 6.07) is 8.31. The fourth-order valence-electron chi connectivity index (χ4n) is 3.24. The molecule has 1 aliphatic rings. The van der Waals surface area contributed by atoms with Crippen molar-refractivity contribution in [2.24, 2.45) is 10.9 Å². The lowest BCUT2D eigenvalue weighted by Gasteiger charge is -2.18. The molecule has 0 spiro atoms. The largest absolute Gasteiger partial charge is 0.507 e. The Morgan fingerprint density at radius 1 is 1.24 bits per heavy atom. The molecule has 0 fully saturated rings.